The van der Waals surface area contributed by atoms with Crippen molar-refractivity contribution in [3.63, 3.8) is 0 Å². The topological polar surface area (TPSA) is 0 Å². The van der Waals surface area contributed by atoms with E-state index >= 15 is 0 Å². The Morgan fingerprint density at radius 2 is 1.17 bits per heavy atom. The van der Waals surface area contributed by atoms with Gasteiger partial charge in [0.05, 0.1) is 0 Å². The van der Waals surface area contributed by atoms with E-state index < -0.39 is 0 Å². The first-order valence-electron chi connectivity index (χ1n) is 9.35. The molecule has 2 unspecified atom stereocenters. The van der Waals surface area contributed by atoms with Crippen molar-refractivity contribution in [3.8, 4) is 11.8 Å². The van der Waals surface area contributed by atoms with Gasteiger partial charge in [-0.2, -0.15) is 0 Å². The third-order valence-corrected chi connectivity index (χ3v) is 3.69. The highest BCUT2D eigenvalue weighted by atomic mass is 14.1. The molecule has 2 rings (SSSR count). The Kier molecular flexibility index (Phi) is 13.4. The molecule has 0 aliphatic heterocycles. The molecule has 2 aromatic rings. The van der Waals surface area contributed by atoms with E-state index in [0.717, 1.165) is 12.8 Å². The van der Waals surface area contributed by atoms with E-state index in [4.69, 9.17) is 0 Å². The number of hydrogen-bond donors (Lipinski definition) is 0. The van der Waals surface area contributed by atoms with Crippen molar-refractivity contribution in [3.05, 3.63) is 71.8 Å². The lowest BCUT2D eigenvalue weighted by Crippen LogP contribution is -1.92. The molecule has 0 aliphatic rings. The van der Waals surface area contributed by atoms with Crippen LogP contribution in [0.2, 0.25) is 0 Å². The van der Waals surface area contributed by atoms with Crippen LogP contribution in [-0.2, 0) is 0 Å². The molecular formula is C24H34. The molecule has 0 N–H and O–H groups in total. The van der Waals surface area contributed by atoms with Crippen LogP contribution in [0.3, 0.4) is 0 Å². The summed E-state index contributed by atoms with van der Waals surface area (Å²) in [6.07, 6.45) is 2.09. The van der Waals surface area contributed by atoms with Crippen molar-refractivity contribution < 1.29 is 0 Å². The zero-order chi connectivity index (χ0) is 18.2. The van der Waals surface area contributed by atoms with Gasteiger partial charge in [0.2, 0.25) is 0 Å². The molecule has 0 heterocycles. The molecule has 0 heteroatoms. The Balaban J connectivity index is 0.00000123. The molecular weight excluding hydrogens is 288 g/mol. The molecule has 2 aromatic carbocycles. The van der Waals surface area contributed by atoms with Crippen LogP contribution in [0.4, 0.5) is 0 Å². The SMILES string of the molecule is CC.CC.CC(C#CCCC(C)c1ccccc1)c1ccccc1. The number of rotatable bonds is 4. The first kappa shape index (κ1) is 22.0. The monoisotopic (exact) mass is 322 g/mol. The average molecular weight is 323 g/mol. The molecule has 0 saturated carbocycles. The van der Waals surface area contributed by atoms with Gasteiger partial charge in [0.25, 0.3) is 0 Å². The van der Waals surface area contributed by atoms with Crippen LogP contribution in [0.5, 0.6) is 0 Å². The molecule has 0 nitrogen and oxygen atoms in total. The van der Waals surface area contributed by atoms with Gasteiger partial charge in [-0.25, -0.2) is 0 Å². The highest BCUT2D eigenvalue weighted by Crippen LogP contribution is 2.20. The zero-order valence-corrected chi connectivity index (χ0v) is 16.3. The van der Waals surface area contributed by atoms with Gasteiger partial charge in [0.15, 0.2) is 0 Å². The molecule has 130 valence electrons. The summed E-state index contributed by atoms with van der Waals surface area (Å²) in [6.45, 7) is 12.4. The molecule has 0 fully saturated rings. The van der Waals surface area contributed by atoms with Crippen molar-refractivity contribution in [2.75, 3.05) is 0 Å². The second kappa shape index (κ2) is 14.6. The Labute approximate surface area is 150 Å². The maximum Gasteiger partial charge on any atom is 0.0424 e. The van der Waals surface area contributed by atoms with E-state index in [1.165, 1.54) is 11.1 Å². The summed E-state index contributed by atoms with van der Waals surface area (Å²) in [5.74, 6) is 7.59. The molecule has 0 spiro atoms. The van der Waals surface area contributed by atoms with E-state index in [9.17, 15) is 0 Å². The lowest BCUT2D eigenvalue weighted by molar-refractivity contribution is 0.698. The number of hydrogen-bond acceptors (Lipinski definition) is 0. The first-order chi connectivity index (χ1) is 11.8. The van der Waals surface area contributed by atoms with E-state index in [1.54, 1.807) is 0 Å². The van der Waals surface area contributed by atoms with Gasteiger partial charge in [0.1, 0.15) is 0 Å². The van der Waals surface area contributed by atoms with Gasteiger partial charge in [-0.15, -0.1) is 5.92 Å². The van der Waals surface area contributed by atoms with Crippen molar-refractivity contribution in [2.24, 2.45) is 0 Å². The quantitative estimate of drug-likeness (QED) is 0.513. The van der Waals surface area contributed by atoms with Crippen LogP contribution in [0.1, 0.15) is 77.3 Å². The number of benzene rings is 2. The average Bonchev–Trinajstić information content (AvgIpc) is 2.69. The van der Waals surface area contributed by atoms with Gasteiger partial charge in [-0.1, -0.05) is 101 Å². The second-order valence-electron chi connectivity index (χ2n) is 5.30. The van der Waals surface area contributed by atoms with Gasteiger partial charge < -0.3 is 0 Å². The Bertz CT molecular complexity index is 557. The molecule has 0 bridgehead atoms. The zero-order valence-electron chi connectivity index (χ0n) is 16.3. The van der Waals surface area contributed by atoms with Crippen molar-refractivity contribution in [1.29, 1.82) is 0 Å². The standard InChI is InChI=1S/C20H22.2C2H6/c1-17(19-13-5-3-6-14-19)11-9-10-12-18(2)20-15-7-4-8-16-20;2*1-2/h3-8,13-18H,9,11H2,1-2H3;2*1-2H3. The highest BCUT2D eigenvalue weighted by molar-refractivity contribution is 5.27. The van der Waals surface area contributed by atoms with Gasteiger partial charge in [0, 0.05) is 12.3 Å². The normalized spacial score (nSPS) is 11.4. The van der Waals surface area contributed by atoms with Gasteiger partial charge in [-0.3, -0.25) is 0 Å². The minimum absolute atomic E-state index is 0.322. The largest absolute Gasteiger partial charge is 0.103 e. The summed E-state index contributed by atoms with van der Waals surface area (Å²) in [5.41, 5.74) is 2.71. The summed E-state index contributed by atoms with van der Waals surface area (Å²) in [6, 6.07) is 21.2. The predicted octanol–water partition coefficient (Wildman–Crippen LogP) is 7.43. The van der Waals surface area contributed by atoms with Gasteiger partial charge in [-0.05, 0) is 30.4 Å². The molecule has 0 aliphatic carbocycles. The van der Waals surface area contributed by atoms with Crippen LogP contribution in [-0.4, -0.2) is 0 Å². The summed E-state index contributed by atoms with van der Waals surface area (Å²) in [7, 11) is 0. The van der Waals surface area contributed by atoms with Crippen LogP contribution < -0.4 is 0 Å². The maximum absolute atomic E-state index is 3.36. The van der Waals surface area contributed by atoms with Crippen LogP contribution in [0.25, 0.3) is 0 Å². The fourth-order valence-electron chi connectivity index (χ4n) is 2.29. The summed E-state index contributed by atoms with van der Waals surface area (Å²) in [5, 5.41) is 0. The minimum Gasteiger partial charge on any atom is -0.103 e. The molecule has 24 heavy (non-hydrogen) atoms. The van der Waals surface area contributed by atoms with E-state index in [2.05, 4.69) is 80.3 Å². The van der Waals surface area contributed by atoms with E-state index in [1.807, 2.05) is 33.8 Å². The molecule has 0 amide bonds. The van der Waals surface area contributed by atoms with Crippen molar-refractivity contribution in [1.82, 2.24) is 0 Å². The predicted molar refractivity (Wildman–Crippen MR) is 109 cm³/mol. The van der Waals surface area contributed by atoms with Gasteiger partial charge >= 0.3 is 0 Å². The summed E-state index contributed by atoms with van der Waals surface area (Å²) in [4.78, 5) is 0. The van der Waals surface area contributed by atoms with E-state index in [-0.39, 0.29) is 0 Å². The third-order valence-electron chi connectivity index (χ3n) is 3.69. The van der Waals surface area contributed by atoms with Crippen molar-refractivity contribution in [2.45, 2.75) is 66.2 Å². The van der Waals surface area contributed by atoms with Crippen LogP contribution >= 0.6 is 0 Å². The fraction of sp³-hybridized carbons (Fsp3) is 0.417. The smallest absolute Gasteiger partial charge is 0.0424 e. The first-order valence-corrected chi connectivity index (χ1v) is 9.35. The van der Waals surface area contributed by atoms with Crippen molar-refractivity contribution >= 4 is 0 Å². The second-order valence-corrected chi connectivity index (χ2v) is 5.30. The fourth-order valence-corrected chi connectivity index (χ4v) is 2.29. The molecule has 0 saturated heterocycles. The van der Waals surface area contributed by atoms with Crippen LogP contribution in [0, 0.1) is 11.8 Å². The Morgan fingerprint density at radius 1 is 0.708 bits per heavy atom. The highest BCUT2D eigenvalue weighted by Gasteiger charge is 2.03. The minimum atomic E-state index is 0.322. The van der Waals surface area contributed by atoms with Crippen LogP contribution in [0.15, 0.2) is 60.7 Å². The lowest BCUT2D eigenvalue weighted by Gasteiger charge is -2.09. The lowest BCUT2D eigenvalue weighted by atomic mass is 9.96. The molecule has 0 radical (unpaired) electrons. The summed E-state index contributed by atoms with van der Waals surface area (Å²) < 4.78 is 0. The molecule has 0 aromatic heterocycles. The maximum atomic E-state index is 3.36. The Morgan fingerprint density at radius 3 is 1.67 bits per heavy atom. The third kappa shape index (κ3) is 8.59. The Hall–Kier alpha value is -2.00. The summed E-state index contributed by atoms with van der Waals surface area (Å²) >= 11 is 0. The molecule has 2 atom stereocenters. The van der Waals surface area contributed by atoms with E-state index in [0.29, 0.717) is 11.8 Å².